The predicted molar refractivity (Wildman–Crippen MR) is 104 cm³/mol. The summed E-state index contributed by atoms with van der Waals surface area (Å²) in [6.07, 6.45) is 5.73. The van der Waals surface area contributed by atoms with E-state index in [1.54, 1.807) is 21.3 Å². The van der Waals surface area contributed by atoms with Gasteiger partial charge in [0.1, 0.15) is 11.9 Å². The van der Waals surface area contributed by atoms with Crippen molar-refractivity contribution in [2.45, 2.75) is 62.8 Å². The number of aliphatic hydroxyl groups excluding tert-OH is 1. The van der Waals surface area contributed by atoms with Crippen LogP contribution in [0.25, 0.3) is 10.9 Å². The number of hydrogen-bond donors (Lipinski definition) is 1. The summed E-state index contributed by atoms with van der Waals surface area (Å²) in [4.78, 5) is 0. The van der Waals surface area contributed by atoms with Crippen LogP contribution >= 0.6 is 11.6 Å². The summed E-state index contributed by atoms with van der Waals surface area (Å²) in [5.41, 5.74) is -0.0432. The quantitative estimate of drug-likeness (QED) is 0.798. The Hall–Kier alpha value is -1.22. The molecule has 5 rings (SSSR count). The monoisotopic (exact) mass is 427 g/mol. The minimum absolute atomic E-state index is 0.0193. The highest BCUT2D eigenvalue weighted by Gasteiger charge is 2.55. The number of benzene rings is 1. The van der Waals surface area contributed by atoms with Crippen molar-refractivity contribution in [2.75, 3.05) is 6.26 Å². The number of piperidine rings is 2. The molecule has 2 saturated heterocycles. The molecule has 0 radical (unpaired) electrons. The minimum atomic E-state index is -3.29. The fraction of sp³-hybridized carbons (Fsp3) is 0.632. The Balaban J connectivity index is 1.60. The van der Waals surface area contributed by atoms with Gasteiger partial charge in [-0.05, 0) is 44.6 Å². The molecule has 152 valence electrons. The fourth-order valence-corrected chi connectivity index (χ4v) is 7.63. The van der Waals surface area contributed by atoms with Crippen LogP contribution in [0.4, 0.5) is 4.39 Å². The Morgan fingerprint density at radius 3 is 2.57 bits per heavy atom. The van der Waals surface area contributed by atoms with Crippen molar-refractivity contribution in [3.05, 3.63) is 28.7 Å². The summed E-state index contributed by atoms with van der Waals surface area (Å²) in [5.74, 6) is -0.620. The average Bonchev–Trinajstić information content (AvgIpc) is 3.12. The summed E-state index contributed by atoms with van der Waals surface area (Å²) >= 11 is 6.05. The van der Waals surface area contributed by atoms with Crippen molar-refractivity contribution in [1.82, 2.24) is 14.1 Å². The molecule has 0 aliphatic carbocycles. The van der Waals surface area contributed by atoms with Crippen LogP contribution in [0.2, 0.25) is 5.02 Å². The molecule has 2 fully saturated rings. The number of fused-ring (bicyclic) bond motifs is 2. The molecule has 2 bridgehead atoms. The Kier molecular flexibility index (Phi) is 3.96. The Bertz CT molecular complexity index is 1070. The SMILES string of the molecule is CC1(C2C[C@H]3CCC[C@@H](C2)N3S(C)(=O)=O)C(O)c2c(F)c(Cl)cc3cnn1c23. The molecule has 0 saturated carbocycles. The van der Waals surface area contributed by atoms with Gasteiger partial charge in [-0.3, -0.25) is 4.68 Å². The zero-order valence-electron chi connectivity index (χ0n) is 15.8. The first-order valence-electron chi connectivity index (χ1n) is 9.66. The summed E-state index contributed by atoms with van der Waals surface area (Å²) in [5, 5.41) is 16.4. The van der Waals surface area contributed by atoms with Gasteiger partial charge in [-0.15, -0.1) is 0 Å². The molecular weight excluding hydrogens is 405 g/mol. The van der Waals surface area contributed by atoms with Crippen LogP contribution in [0.3, 0.4) is 0 Å². The lowest BCUT2D eigenvalue weighted by atomic mass is 9.69. The second kappa shape index (κ2) is 5.90. The third kappa shape index (κ3) is 2.32. The lowest BCUT2D eigenvalue weighted by molar-refractivity contribution is -0.0400. The van der Waals surface area contributed by atoms with E-state index in [1.807, 2.05) is 6.92 Å². The maximum absolute atomic E-state index is 14.8. The van der Waals surface area contributed by atoms with Crippen molar-refractivity contribution >= 4 is 32.5 Å². The molecule has 4 heterocycles. The first kappa shape index (κ1) is 18.8. The molecule has 1 aromatic heterocycles. The number of aromatic nitrogens is 2. The van der Waals surface area contributed by atoms with E-state index >= 15 is 0 Å². The molecule has 0 amide bonds. The van der Waals surface area contributed by atoms with Gasteiger partial charge in [0.2, 0.25) is 10.0 Å². The second-order valence-electron chi connectivity index (χ2n) is 8.71. The van der Waals surface area contributed by atoms with Crippen molar-refractivity contribution in [3.63, 3.8) is 0 Å². The maximum Gasteiger partial charge on any atom is 0.211 e. The highest BCUT2D eigenvalue weighted by atomic mass is 35.5. The number of aliphatic hydroxyl groups is 1. The van der Waals surface area contributed by atoms with Gasteiger partial charge >= 0.3 is 0 Å². The predicted octanol–water partition coefficient (Wildman–Crippen LogP) is 3.18. The van der Waals surface area contributed by atoms with Crippen LogP contribution in [0.15, 0.2) is 12.3 Å². The van der Waals surface area contributed by atoms with Gasteiger partial charge in [-0.1, -0.05) is 18.0 Å². The van der Waals surface area contributed by atoms with E-state index in [4.69, 9.17) is 11.6 Å². The Morgan fingerprint density at radius 1 is 1.32 bits per heavy atom. The van der Waals surface area contributed by atoms with Crippen LogP contribution in [0.5, 0.6) is 0 Å². The van der Waals surface area contributed by atoms with Gasteiger partial charge in [-0.25, -0.2) is 12.8 Å². The van der Waals surface area contributed by atoms with E-state index in [-0.39, 0.29) is 28.6 Å². The van der Waals surface area contributed by atoms with Crippen molar-refractivity contribution < 1.29 is 17.9 Å². The fourth-order valence-electron chi connectivity index (χ4n) is 5.94. The summed E-state index contributed by atoms with van der Waals surface area (Å²) in [6, 6.07) is 1.37. The van der Waals surface area contributed by atoms with Gasteiger partial charge in [-0.2, -0.15) is 9.40 Å². The van der Waals surface area contributed by atoms with E-state index in [9.17, 15) is 17.9 Å². The summed E-state index contributed by atoms with van der Waals surface area (Å²) < 4.78 is 42.9. The summed E-state index contributed by atoms with van der Waals surface area (Å²) in [7, 11) is -3.29. The van der Waals surface area contributed by atoms with E-state index in [2.05, 4.69) is 5.10 Å². The van der Waals surface area contributed by atoms with Gasteiger partial charge in [0.15, 0.2) is 0 Å². The van der Waals surface area contributed by atoms with Crippen molar-refractivity contribution in [1.29, 1.82) is 0 Å². The zero-order valence-corrected chi connectivity index (χ0v) is 17.3. The van der Waals surface area contributed by atoms with Gasteiger partial charge in [0.25, 0.3) is 0 Å². The zero-order chi connectivity index (χ0) is 20.0. The van der Waals surface area contributed by atoms with Gasteiger partial charge in [0.05, 0.1) is 28.5 Å². The van der Waals surface area contributed by atoms with E-state index in [0.29, 0.717) is 23.7 Å². The largest absolute Gasteiger partial charge is 0.386 e. The molecule has 5 atom stereocenters. The maximum atomic E-state index is 14.8. The number of hydrogen-bond acceptors (Lipinski definition) is 4. The average molecular weight is 428 g/mol. The Morgan fingerprint density at radius 2 is 1.96 bits per heavy atom. The molecule has 3 aliphatic rings. The van der Waals surface area contributed by atoms with Crippen LogP contribution in [-0.2, 0) is 15.6 Å². The van der Waals surface area contributed by atoms with Crippen molar-refractivity contribution in [3.8, 4) is 0 Å². The number of sulfonamides is 1. The van der Waals surface area contributed by atoms with Crippen LogP contribution in [0.1, 0.15) is 50.7 Å². The smallest absolute Gasteiger partial charge is 0.211 e. The first-order chi connectivity index (χ1) is 13.1. The normalized spacial score (nSPS) is 35.6. The molecule has 9 heteroatoms. The van der Waals surface area contributed by atoms with Crippen molar-refractivity contribution in [2.24, 2.45) is 5.92 Å². The topological polar surface area (TPSA) is 75.4 Å². The molecule has 3 aliphatic heterocycles. The lowest BCUT2D eigenvalue weighted by Crippen LogP contribution is -2.58. The number of rotatable bonds is 2. The highest BCUT2D eigenvalue weighted by Crippen LogP contribution is 2.55. The van der Waals surface area contributed by atoms with Crippen LogP contribution in [0, 0.1) is 11.7 Å². The van der Waals surface area contributed by atoms with Gasteiger partial charge < -0.3 is 5.11 Å². The molecule has 6 nitrogen and oxygen atoms in total. The molecule has 1 N–H and O–H groups in total. The third-order valence-electron chi connectivity index (χ3n) is 7.18. The second-order valence-corrected chi connectivity index (χ2v) is 11.0. The van der Waals surface area contributed by atoms with Crippen LogP contribution < -0.4 is 0 Å². The van der Waals surface area contributed by atoms with Crippen LogP contribution in [-0.4, -0.2) is 45.9 Å². The van der Waals surface area contributed by atoms with E-state index < -0.39 is 27.5 Å². The third-order valence-corrected chi connectivity index (χ3v) is 8.82. The highest BCUT2D eigenvalue weighted by molar-refractivity contribution is 7.88. The molecule has 0 spiro atoms. The van der Waals surface area contributed by atoms with E-state index in [1.165, 1.54) is 6.26 Å². The summed E-state index contributed by atoms with van der Waals surface area (Å²) in [6.45, 7) is 1.91. The molecule has 2 aromatic rings. The standard InChI is InChI=1S/C19H23ClFN3O3S/c1-19(11-7-12-4-3-5-13(8-11)23(12)28(2,26)27)18(25)15-16(21)14(20)6-10-9-22-24(19)17(10)15/h6,9,11-13,18,25H,3-5,7-8H2,1-2H3/t11?,12-,13+,18?,19?. The molecular formula is C19H23ClFN3O3S. The Labute approximate surface area is 168 Å². The van der Waals surface area contributed by atoms with Gasteiger partial charge in [0, 0.05) is 23.0 Å². The number of nitrogens with zero attached hydrogens (tertiary/aromatic N) is 3. The minimum Gasteiger partial charge on any atom is -0.386 e. The molecule has 1 aromatic carbocycles. The first-order valence-corrected chi connectivity index (χ1v) is 11.9. The molecule has 28 heavy (non-hydrogen) atoms. The lowest BCUT2D eigenvalue weighted by Gasteiger charge is -2.51. The molecule has 3 unspecified atom stereocenters. The number of halogens is 2. The van der Waals surface area contributed by atoms with E-state index in [0.717, 1.165) is 19.3 Å².